The lowest BCUT2D eigenvalue weighted by molar-refractivity contribution is -0.138. The molecule has 1 fully saturated rings. The van der Waals surface area contributed by atoms with E-state index >= 15 is 0 Å². The van der Waals surface area contributed by atoms with Crippen LogP contribution in [0.1, 0.15) is 25.8 Å². The average Bonchev–Trinajstić information content (AvgIpc) is 2.85. The Hall–Kier alpha value is -2.62. The minimum Gasteiger partial charge on any atom is -0.487 e. The molecule has 0 bridgehead atoms. The summed E-state index contributed by atoms with van der Waals surface area (Å²) in [4.78, 5) is 26.7. The summed E-state index contributed by atoms with van der Waals surface area (Å²) in [5.74, 6) is 0.00165. The summed E-state index contributed by atoms with van der Waals surface area (Å²) in [5, 5.41) is 2.29. The van der Waals surface area contributed by atoms with Gasteiger partial charge in [-0.1, -0.05) is 36.4 Å². The topological polar surface area (TPSA) is 46.6 Å². The molecule has 4 nitrogen and oxygen atoms in total. The number of benzene rings is 2. The summed E-state index contributed by atoms with van der Waals surface area (Å²) >= 11 is 0. The van der Waals surface area contributed by atoms with Gasteiger partial charge in [-0.15, -0.1) is 0 Å². The van der Waals surface area contributed by atoms with Gasteiger partial charge >= 0.3 is 0 Å². The molecule has 0 saturated carbocycles. The number of ether oxygens (including phenoxy) is 1. The Morgan fingerprint density at radius 1 is 1.08 bits per heavy atom. The minimum absolute atomic E-state index is 0.0604. The maximum Gasteiger partial charge on any atom is 0.233 e. The molecule has 2 aliphatic heterocycles. The molecule has 0 spiro atoms. The van der Waals surface area contributed by atoms with Crippen molar-refractivity contribution in [2.75, 3.05) is 7.05 Å². The summed E-state index contributed by atoms with van der Waals surface area (Å²) in [6.45, 7) is 4.06. The molecule has 132 valence electrons. The van der Waals surface area contributed by atoms with E-state index in [1.165, 1.54) is 4.90 Å². The fourth-order valence-electron chi connectivity index (χ4n) is 5.15. The molecule has 5 rings (SSSR count). The van der Waals surface area contributed by atoms with E-state index in [2.05, 4.69) is 24.3 Å². The van der Waals surface area contributed by atoms with Crippen LogP contribution in [-0.2, 0) is 9.59 Å². The van der Waals surface area contributed by atoms with Crippen LogP contribution in [0, 0.1) is 17.8 Å². The van der Waals surface area contributed by atoms with Crippen molar-refractivity contribution in [3.63, 3.8) is 0 Å². The SMILES string of the molecule is CN1C(=O)[C@@H]2[C@@H](CC=C3c4c(ccc5ccccc45)OC(C)(C)[C@@H]32)C1=O. The van der Waals surface area contributed by atoms with E-state index in [4.69, 9.17) is 4.74 Å². The highest BCUT2D eigenvalue weighted by Crippen LogP contribution is 2.55. The lowest BCUT2D eigenvalue weighted by Crippen LogP contribution is -2.49. The van der Waals surface area contributed by atoms with E-state index < -0.39 is 5.60 Å². The molecular weight excluding hydrogens is 326 g/mol. The van der Waals surface area contributed by atoms with Crippen molar-refractivity contribution in [2.24, 2.45) is 17.8 Å². The maximum absolute atomic E-state index is 12.9. The van der Waals surface area contributed by atoms with Crippen molar-refractivity contribution >= 4 is 28.2 Å². The Labute approximate surface area is 152 Å². The van der Waals surface area contributed by atoms with Gasteiger partial charge in [0.25, 0.3) is 0 Å². The van der Waals surface area contributed by atoms with Gasteiger partial charge in [0.1, 0.15) is 11.4 Å². The van der Waals surface area contributed by atoms with E-state index in [0.717, 1.165) is 27.7 Å². The minimum atomic E-state index is -0.550. The van der Waals surface area contributed by atoms with E-state index in [0.29, 0.717) is 6.42 Å². The zero-order valence-electron chi connectivity index (χ0n) is 15.2. The van der Waals surface area contributed by atoms with Gasteiger partial charge in [0.2, 0.25) is 11.8 Å². The predicted molar refractivity (Wildman–Crippen MR) is 99.5 cm³/mol. The Morgan fingerprint density at radius 2 is 1.85 bits per heavy atom. The van der Waals surface area contributed by atoms with E-state index in [1.54, 1.807) is 7.05 Å². The smallest absolute Gasteiger partial charge is 0.233 e. The van der Waals surface area contributed by atoms with Crippen LogP contribution in [-0.4, -0.2) is 29.4 Å². The first-order valence-electron chi connectivity index (χ1n) is 9.13. The van der Waals surface area contributed by atoms with Crippen LogP contribution in [0.4, 0.5) is 0 Å². The van der Waals surface area contributed by atoms with Gasteiger partial charge in [0.05, 0.1) is 11.8 Å². The fourth-order valence-corrected chi connectivity index (χ4v) is 5.15. The Morgan fingerprint density at radius 3 is 2.65 bits per heavy atom. The monoisotopic (exact) mass is 347 g/mol. The normalized spacial score (nSPS) is 29.0. The van der Waals surface area contributed by atoms with Crippen molar-refractivity contribution < 1.29 is 14.3 Å². The molecule has 2 aromatic rings. The number of amides is 2. The summed E-state index contributed by atoms with van der Waals surface area (Å²) < 4.78 is 6.40. The van der Waals surface area contributed by atoms with E-state index in [-0.39, 0.29) is 29.6 Å². The zero-order valence-corrected chi connectivity index (χ0v) is 15.2. The van der Waals surface area contributed by atoms with Gasteiger partial charge in [0.15, 0.2) is 0 Å². The number of imide groups is 1. The second-order valence-corrected chi connectivity index (χ2v) is 8.11. The van der Waals surface area contributed by atoms with Crippen molar-refractivity contribution in [1.29, 1.82) is 0 Å². The highest BCUT2D eigenvalue weighted by atomic mass is 16.5. The van der Waals surface area contributed by atoms with Crippen LogP contribution in [0.15, 0.2) is 42.5 Å². The zero-order chi connectivity index (χ0) is 18.2. The molecular formula is C22H21NO3. The first-order valence-corrected chi connectivity index (χ1v) is 9.13. The maximum atomic E-state index is 12.9. The molecule has 4 heteroatoms. The number of hydrogen-bond donors (Lipinski definition) is 0. The largest absolute Gasteiger partial charge is 0.487 e. The number of nitrogens with zero attached hydrogens (tertiary/aromatic N) is 1. The molecule has 2 aromatic carbocycles. The number of carbonyl (C=O) groups is 2. The summed E-state index contributed by atoms with van der Waals surface area (Å²) in [5.41, 5.74) is 1.69. The van der Waals surface area contributed by atoms with Crippen LogP contribution < -0.4 is 4.74 Å². The number of carbonyl (C=O) groups excluding carboxylic acids is 2. The van der Waals surface area contributed by atoms with Gasteiger partial charge in [0, 0.05) is 18.5 Å². The molecule has 1 saturated heterocycles. The lowest BCUT2D eigenvalue weighted by Gasteiger charge is -2.47. The first kappa shape index (κ1) is 15.6. The number of allylic oxidation sites excluding steroid dienone is 1. The molecule has 26 heavy (non-hydrogen) atoms. The molecule has 0 unspecified atom stereocenters. The fraction of sp³-hybridized carbons (Fsp3) is 0.364. The molecule has 0 aromatic heterocycles. The Bertz CT molecular complexity index is 1000. The Balaban J connectivity index is 1.78. The van der Waals surface area contributed by atoms with Gasteiger partial charge in [-0.3, -0.25) is 14.5 Å². The van der Waals surface area contributed by atoms with Crippen LogP contribution in [0.3, 0.4) is 0 Å². The quantitative estimate of drug-likeness (QED) is 0.684. The second kappa shape index (κ2) is 4.97. The highest BCUT2D eigenvalue weighted by molar-refractivity contribution is 6.08. The predicted octanol–water partition coefficient (Wildman–Crippen LogP) is 3.65. The van der Waals surface area contributed by atoms with Crippen LogP contribution in [0.2, 0.25) is 0 Å². The van der Waals surface area contributed by atoms with Gasteiger partial charge in [-0.05, 0) is 42.7 Å². The average molecular weight is 347 g/mol. The molecule has 1 aliphatic carbocycles. The standard InChI is InChI=1S/C22H21NO3/c1-22(2)19-14(9-10-15-18(19)21(25)23(3)20(15)24)17-13-7-5-4-6-12(13)8-11-16(17)26-22/h4-9,11,15,18-19H,10H2,1-3H3/t15-,18-,19+/m1/s1. The van der Waals surface area contributed by atoms with Crippen molar-refractivity contribution in [3.8, 4) is 5.75 Å². The van der Waals surface area contributed by atoms with E-state index in [1.807, 2.05) is 32.0 Å². The molecule has 0 radical (unpaired) electrons. The summed E-state index contributed by atoms with van der Waals surface area (Å²) in [7, 11) is 1.60. The Kier molecular flexibility index (Phi) is 2.98. The highest BCUT2D eigenvalue weighted by Gasteiger charge is 2.58. The van der Waals surface area contributed by atoms with Crippen LogP contribution in [0.5, 0.6) is 5.75 Å². The third-order valence-electron chi connectivity index (χ3n) is 6.28. The molecule has 2 heterocycles. The number of rotatable bonds is 0. The summed E-state index contributed by atoms with van der Waals surface area (Å²) in [6, 6.07) is 12.4. The van der Waals surface area contributed by atoms with Gasteiger partial charge in [-0.25, -0.2) is 0 Å². The third kappa shape index (κ3) is 1.84. The number of fused-ring (bicyclic) bond motifs is 7. The third-order valence-corrected chi connectivity index (χ3v) is 6.28. The van der Waals surface area contributed by atoms with Crippen molar-refractivity contribution in [3.05, 3.63) is 48.0 Å². The lowest BCUT2D eigenvalue weighted by atomic mass is 9.63. The van der Waals surface area contributed by atoms with Crippen molar-refractivity contribution in [1.82, 2.24) is 4.90 Å². The van der Waals surface area contributed by atoms with Gasteiger partial charge < -0.3 is 4.74 Å². The summed E-state index contributed by atoms with van der Waals surface area (Å²) in [6.07, 6.45) is 2.79. The second-order valence-electron chi connectivity index (χ2n) is 8.11. The molecule has 3 aliphatic rings. The molecule has 2 amide bonds. The first-order chi connectivity index (χ1) is 12.4. The van der Waals surface area contributed by atoms with Crippen LogP contribution >= 0.6 is 0 Å². The van der Waals surface area contributed by atoms with Crippen molar-refractivity contribution in [2.45, 2.75) is 25.9 Å². The number of hydrogen-bond acceptors (Lipinski definition) is 3. The van der Waals surface area contributed by atoms with Crippen LogP contribution in [0.25, 0.3) is 16.3 Å². The molecule has 0 N–H and O–H groups in total. The number of likely N-dealkylation sites (tertiary alicyclic amines) is 1. The molecule has 3 atom stereocenters. The van der Waals surface area contributed by atoms with E-state index in [9.17, 15) is 9.59 Å². The van der Waals surface area contributed by atoms with Gasteiger partial charge in [-0.2, -0.15) is 0 Å².